The molecular formula is C16H19N3O3. The van der Waals surface area contributed by atoms with Crippen molar-refractivity contribution in [1.29, 1.82) is 0 Å². The van der Waals surface area contributed by atoms with Crippen LogP contribution in [0.1, 0.15) is 34.3 Å². The zero-order valence-corrected chi connectivity index (χ0v) is 12.7. The number of hydrogen-bond acceptors (Lipinski definition) is 3. The first-order valence-electron chi connectivity index (χ1n) is 7.42. The molecule has 2 fully saturated rings. The van der Waals surface area contributed by atoms with E-state index in [1.807, 2.05) is 32.0 Å². The van der Waals surface area contributed by atoms with Crippen LogP contribution >= 0.6 is 0 Å². The molecule has 2 saturated heterocycles. The smallest absolute Gasteiger partial charge is 0.322 e. The third kappa shape index (κ3) is 2.24. The molecule has 0 bridgehead atoms. The number of carbonyl (C=O) groups excluding carboxylic acids is 3. The van der Waals surface area contributed by atoms with E-state index in [2.05, 4.69) is 10.6 Å². The van der Waals surface area contributed by atoms with E-state index in [1.54, 1.807) is 4.90 Å². The second kappa shape index (κ2) is 5.12. The lowest BCUT2D eigenvalue weighted by atomic mass is 9.87. The summed E-state index contributed by atoms with van der Waals surface area (Å²) in [7, 11) is 0. The Morgan fingerprint density at radius 3 is 2.45 bits per heavy atom. The molecule has 0 aliphatic carbocycles. The number of hydrogen-bond donors (Lipinski definition) is 2. The van der Waals surface area contributed by atoms with Gasteiger partial charge >= 0.3 is 6.03 Å². The van der Waals surface area contributed by atoms with E-state index in [1.165, 1.54) is 0 Å². The van der Waals surface area contributed by atoms with Crippen LogP contribution in [0.25, 0.3) is 0 Å². The molecule has 6 nitrogen and oxygen atoms in total. The Bertz CT molecular complexity index is 661. The van der Waals surface area contributed by atoms with E-state index in [0.29, 0.717) is 31.5 Å². The molecule has 22 heavy (non-hydrogen) atoms. The molecule has 2 aliphatic rings. The fraction of sp³-hybridized carbons (Fsp3) is 0.438. The summed E-state index contributed by atoms with van der Waals surface area (Å²) in [6, 6.07) is 5.25. The molecule has 3 rings (SSSR count). The number of imide groups is 1. The summed E-state index contributed by atoms with van der Waals surface area (Å²) in [6.07, 6.45) is 0.891. The molecule has 2 N–H and O–H groups in total. The number of aryl methyl sites for hydroxylation is 1. The van der Waals surface area contributed by atoms with Crippen molar-refractivity contribution in [3.05, 3.63) is 34.9 Å². The van der Waals surface area contributed by atoms with Crippen molar-refractivity contribution in [3.8, 4) is 0 Å². The number of benzene rings is 1. The average Bonchev–Trinajstić information content (AvgIpc) is 2.76. The average molecular weight is 301 g/mol. The van der Waals surface area contributed by atoms with Gasteiger partial charge in [0.2, 0.25) is 0 Å². The first-order valence-corrected chi connectivity index (χ1v) is 7.42. The van der Waals surface area contributed by atoms with Crippen molar-refractivity contribution in [1.82, 2.24) is 15.5 Å². The molecule has 2 heterocycles. The minimum absolute atomic E-state index is 0.0132. The molecule has 1 aromatic carbocycles. The van der Waals surface area contributed by atoms with Crippen molar-refractivity contribution in [2.24, 2.45) is 0 Å². The fourth-order valence-corrected chi connectivity index (χ4v) is 3.12. The van der Waals surface area contributed by atoms with Gasteiger partial charge in [-0.3, -0.25) is 14.9 Å². The number of likely N-dealkylation sites (tertiary alicyclic amines) is 1. The van der Waals surface area contributed by atoms with Crippen molar-refractivity contribution in [2.75, 3.05) is 13.1 Å². The molecule has 1 spiro atoms. The summed E-state index contributed by atoms with van der Waals surface area (Å²) in [4.78, 5) is 37.6. The SMILES string of the molecule is Cc1cccc(C(=O)N2CCC3(CC2)NC(=O)NC3=O)c1C. The van der Waals surface area contributed by atoms with Gasteiger partial charge in [0.1, 0.15) is 5.54 Å². The monoisotopic (exact) mass is 301 g/mol. The molecule has 116 valence electrons. The van der Waals surface area contributed by atoms with Crippen LogP contribution in [0.5, 0.6) is 0 Å². The lowest BCUT2D eigenvalue weighted by Crippen LogP contribution is -2.55. The predicted molar refractivity (Wildman–Crippen MR) is 80.5 cm³/mol. The van der Waals surface area contributed by atoms with Crippen LogP contribution in [-0.4, -0.2) is 41.4 Å². The van der Waals surface area contributed by atoms with Gasteiger partial charge in [-0.05, 0) is 43.9 Å². The molecule has 2 aliphatic heterocycles. The van der Waals surface area contributed by atoms with Gasteiger partial charge in [0.25, 0.3) is 11.8 Å². The number of piperidine rings is 1. The molecule has 0 unspecified atom stereocenters. The highest BCUT2D eigenvalue weighted by Crippen LogP contribution is 2.27. The summed E-state index contributed by atoms with van der Waals surface area (Å²) in [6.45, 7) is 4.84. The minimum atomic E-state index is -0.838. The summed E-state index contributed by atoms with van der Waals surface area (Å²) in [5.74, 6) is -0.294. The zero-order valence-electron chi connectivity index (χ0n) is 12.7. The number of nitrogens with zero attached hydrogens (tertiary/aromatic N) is 1. The Morgan fingerprint density at radius 1 is 1.18 bits per heavy atom. The third-order valence-corrected chi connectivity index (χ3v) is 4.75. The summed E-state index contributed by atoms with van der Waals surface area (Å²) < 4.78 is 0. The Labute approximate surface area is 128 Å². The van der Waals surface area contributed by atoms with Gasteiger partial charge in [0.05, 0.1) is 0 Å². The maximum atomic E-state index is 12.7. The molecular weight excluding hydrogens is 282 g/mol. The Morgan fingerprint density at radius 2 is 1.86 bits per heavy atom. The number of nitrogens with one attached hydrogen (secondary N) is 2. The molecule has 4 amide bonds. The largest absolute Gasteiger partial charge is 0.338 e. The second-order valence-electron chi connectivity index (χ2n) is 6.03. The fourth-order valence-electron chi connectivity index (χ4n) is 3.12. The normalized spacial score (nSPS) is 20.0. The Kier molecular flexibility index (Phi) is 3.39. The summed E-state index contributed by atoms with van der Waals surface area (Å²) >= 11 is 0. The molecule has 1 aromatic rings. The number of amides is 4. The van der Waals surface area contributed by atoms with E-state index in [9.17, 15) is 14.4 Å². The maximum absolute atomic E-state index is 12.7. The van der Waals surface area contributed by atoms with Gasteiger partial charge in [0.15, 0.2) is 0 Å². The summed E-state index contributed by atoms with van der Waals surface area (Å²) in [5, 5.41) is 4.98. The van der Waals surface area contributed by atoms with Crippen molar-refractivity contribution in [3.63, 3.8) is 0 Å². The zero-order chi connectivity index (χ0) is 15.9. The molecule has 6 heteroatoms. The molecule has 0 radical (unpaired) electrons. The first-order chi connectivity index (χ1) is 10.4. The van der Waals surface area contributed by atoms with Crippen LogP contribution in [0, 0.1) is 13.8 Å². The number of rotatable bonds is 1. The quantitative estimate of drug-likeness (QED) is 0.763. The first kappa shape index (κ1) is 14.6. The van der Waals surface area contributed by atoms with Crippen LogP contribution in [-0.2, 0) is 4.79 Å². The van der Waals surface area contributed by atoms with Gasteiger partial charge in [0, 0.05) is 18.7 Å². The van der Waals surface area contributed by atoms with Gasteiger partial charge < -0.3 is 10.2 Å². The predicted octanol–water partition coefficient (Wildman–Crippen LogP) is 1.12. The van der Waals surface area contributed by atoms with Crippen molar-refractivity contribution < 1.29 is 14.4 Å². The van der Waals surface area contributed by atoms with Crippen LogP contribution in [0.3, 0.4) is 0 Å². The van der Waals surface area contributed by atoms with E-state index < -0.39 is 11.6 Å². The molecule has 0 atom stereocenters. The minimum Gasteiger partial charge on any atom is -0.338 e. The van der Waals surface area contributed by atoms with E-state index >= 15 is 0 Å². The highest BCUT2D eigenvalue weighted by Gasteiger charge is 2.48. The topological polar surface area (TPSA) is 78.5 Å². The van der Waals surface area contributed by atoms with Gasteiger partial charge in [-0.15, -0.1) is 0 Å². The Balaban J connectivity index is 1.74. The van der Waals surface area contributed by atoms with Gasteiger partial charge in [-0.25, -0.2) is 4.79 Å². The molecule has 0 saturated carbocycles. The van der Waals surface area contributed by atoms with Crippen LogP contribution in [0.15, 0.2) is 18.2 Å². The van der Waals surface area contributed by atoms with Crippen LogP contribution in [0.2, 0.25) is 0 Å². The highest BCUT2D eigenvalue weighted by molar-refractivity contribution is 6.07. The lowest BCUT2D eigenvalue weighted by molar-refractivity contribution is -0.125. The third-order valence-electron chi connectivity index (χ3n) is 4.75. The van der Waals surface area contributed by atoms with E-state index in [0.717, 1.165) is 11.1 Å². The van der Waals surface area contributed by atoms with Gasteiger partial charge in [-0.2, -0.15) is 0 Å². The standard InChI is InChI=1S/C16H19N3O3/c1-10-4-3-5-12(11(10)2)13(20)19-8-6-16(7-9-19)14(21)17-15(22)18-16/h3-5H,6-9H2,1-2H3,(H2,17,18,21,22). The maximum Gasteiger partial charge on any atom is 0.322 e. The van der Waals surface area contributed by atoms with Crippen molar-refractivity contribution >= 4 is 17.8 Å². The number of carbonyl (C=O) groups is 3. The summed E-state index contributed by atoms with van der Waals surface area (Å²) in [5.41, 5.74) is 1.94. The lowest BCUT2D eigenvalue weighted by Gasteiger charge is -2.37. The second-order valence-corrected chi connectivity index (χ2v) is 6.03. The highest BCUT2D eigenvalue weighted by atomic mass is 16.2. The molecule has 0 aromatic heterocycles. The Hall–Kier alpha value is -2.37. The van der Waals surface area contributed by atoms with Crippen LogP contribution < -0.4 is 10.6 Å². The van der Waals surface area contributed by atoms with Gasteiger partial charge in [-0.1, -0.05) is 12.1 Å². The van der Waals surface area contributed by atoms with E-state index in [4.69, 9.17) is 0 Å². The van der Waals surface area contributed by atoms with Crippen LogP contribution in [0.4, 0.5) is 4.79 Å². The van der Waals surface area contributed by atoms with Crippen molar-refractivity contribution in [2.45, 2.75) is 32.2 Å². The van der Waals surface area contributed by atoms with E-state index in [-0.39, 0.29) is 11.8 Å². The number of urea groups is 1.